The zero-order valence-corrected chi connectivity index (χ0v) is 49.7. The van der Waals surface area contributed by atoms with E-state index in [1.165, 1.54) is 5.56 Å². The molecule has 0 N–H and O–H groups in total. The molecule has 0 amide bonds. The molecule has 9 nitrogen and oxygen atoms in total. The van der Waals surface area contributed by atoms with Crippen molar-refractivity contribution in [3.63, 3.8) is 0 Å². The Balaban J connectivity index is 0.735. The number of nitrogens with zero attached hydrogens (tertiary/aromatic N) is 9. The summed E-state index contributed by atoms with van der Waals surface area (Å²) in [6.45, 7) is 4.47. The van der Waals surface area contributed by atoms with E-state index in [4.69, 9.17) is 35.0 Å². The monoisotopic (exact) mass is 1160 g/mol. The second-order valence-electron chi connectivity index (χ2n) is 23.4. The van der Waals surface area contributed by atoms with Gasteiger partial charge in [-0.1, -0.05) is 269 Å². The van der Waals surface area contributed by atoms with E-state index in [9.17, 15) is 5.26 Å². The molecule has 426 valence electrons. The van der Waals surface area contributed by atoms with E-state index in [-0.39, 0.29) is 0 Å². The Morgan fingerprint density at radius 2 is 0.681 bits per heavy atom. The summed E-state index contributed by atoms with van der Waals surface area (Å²) in [5.74, 6) is 3.44. The van der Waals surface area contributed by atoms with Gasteiger partial charge < -0.3 is 0 Å². The lowest BCUT2D eigenvalue weighted by Gasteiger charge is -2.23. The van der Waals surface area contributed by atoms with Crippen LogP contribution in [0.5, 0.6) is 0 Å². The van der Waals surface area contributed by atoms with Gasteiger partial charge in [0.05, 0.1) is 23.0 Å². The Morgan fingerprint density at radius 3 is 1.20 bits per heavy atom. The molecule has 1 aliphatic carbocycles. The summed E-state index contributed by atoms with van der Waals surface area (Å²) < 4.78 is 0. The van der Waals surface area contributed by atoms with E-state index in [0.717, 1.165) is 122 Å². The quantitative estimate of drug-likeness (QED) is 0.124. The van der Waals surface area contributed by atoms with E-state index in [1.54, 1.807) is 0 Å². The first-order valence-electron chi connectivity index (χ1n) is 30.4. The summed E-state index contributed by atoms with van der Waals surface area (Å²) in [4.78, 5) is 31.1. The number of rotatable bonds is 11. The molecule has 1 aliphatic rings. The minimum Gasteiger partial charge on any atom is -0.208 e. The average molecular weight is 1160 g/mol. The highest BCUT2D eigenvalue weighted by Gasteiger charge is 2.38. The van der Waals surface area contributed by atoms with Crippen molar-refractivity contribution < 1.29 is 0 Å². The van der Waals surface area contributed by atoms with Crippen LogP contribution in [0.4, 0.5) is 0 Å². The van der Waals surface area contributed by atoms with Crippen LogP contribution < -0.4 is 0 Å². The van der Waals surface area contributed by atoms with Gasteiger partial charge >= 0.3 is 0 Å². The largest absolute Gasteiger partial charge is 0.208 e. The van der Waals surface area contributed by atoms with Crippen LogP contribution in [0.3, 0.4) is 0 Å². The normalized spacial score (nSPS) is 12.1. The minimum atomic E-state index is -0.454. The van der Waals surface area contributed by atoms with Gasteiger partial charge in [0.2, 0.25) is 0 Å². The molecule has 0 fully saturated rings. The highest BCUT2D eigenvalue weighted by Crippen LogP contribution is 2.52. The van der Waals surface area contributed by atoms with Gasteiger partial charge in [-0.15, -0.1) is 10.2 Å². The molecule has 0 bridgehead atoms. The number of benzene rings is 12. The van der Waals surface area contributed by atoms with Crippen LogP contribution in [0, 0.1) is 11.3 Å². The van der Waals surface area contributed by atoms with Crippen LogP contribution in [0.15, 0.2) is 285 Å². The molecule has 0 radical (unpaired) electrons. The predicted molar refractivity (Wildman–Crippen MR) is 366 cm³/mol. The molecule has 0 saturated heterocycles. The van der Waals surface area contributed by atoms with Crippen molar-refractivity contribution in [2.75, 3.05) is 0 Å². The molecule has 0 unspecified atom stereocenters. The Bertz CT molecular complexity index is 5280. The van der Waals surface area contributed by atoms with E-state index in [2.05, 4.69) is 158 Å². The van der Waals surface area contributed by atoms with E-state index >= 15 is 0 Å². The number of nitriles is 1. The molecular formula is C82H53N9. The van der Waals surface area contributed by atoms with Crippen molar-refractivity contribution in [3.8, 4) is 141 Å². The lowest BCUT2D eigenvalue weighted by atomic mass is 9.79. The first-order valence-corrected chi connectivity index (χ1v) is 30.4. The van der Waals surface area contributed by atoms with E-state index in [0.29, 0.717) is 46.2 Å². The summed E-state index contributed by atoms with van der Waals surface area (Å²) in [6, 6.07) is 100. The van der Waals surface area contributed by atoms with E-state index < -0.39 is 5.41 Å². The van der Waals surface area contributed by atoms with E-state index in [1.807, 2.05) is 152 Å². The fraction of sp³-hybridized carbons (Fsp3) is 0.0366. The summed E-state index contributed by atoms with van der Waals surface area (Å²) in [6.07, 6.45) is 0. The number of hydrogen-bond donors (Lipinski definition) is 0. The molecule has 3 heterocycles. The topological polar surface area (TPSA) is 127 Å². The fourth-order valence-corrected chi connectivity index (χ4v) is 13.0. The number of aromatic nitrogens is 8. The van der Waals surface area contributed by atoms with Gasteiger partial charge in [0.25, 0.3) is 0 Å². The van der Waals surface area contributed by atoms with Crippen molar-refractivity contribution in [1.82, 2.24) is 40.1 Å². The maximum atomic E-state index is 11.0. The molecule has 12 aromatic carbocycles. The molecule has 3 aromatic heterocycles. The third kappa shape index (κ3) is 9.86. The molecule has 0 aliphatic heterocycles. The number of hydrogen-bond acceptors (Lipinski definition) is 9. The molecule has 0 atom stereocenters. The first kappa shape index (κ1) is 54.2. The Hall–Kier alpha value is -12.3. The molecule has 0 saturated carbocycles. The van der Waals surface area contributed by atoms with Crippen molar-refractivity contribution in [1.29, 1.82) is 5.26 Å². The lowest BCUT2D eigenvalue weighted by molar-refractivity contribution is 0.658. The van der Waals surface area contributed by atoms with Gasteiger partial charge in [-0.05, 0) is 108 Å². The average Bonchev–Trinajstić information content (AvgIpc) is 1.11. The van der Waals surface area contributed by atoms with Gasteiger partial charge in [-0.2, -0.15) is 5.26 Å². The van der Waals surface area contributed by atoms with Gasteiger partial charge in [0.15, 0.2) is 34.9 Å². The van der Waals surface area contributed by atoms with Gasteiger partial charge in [-0.25, -0.2) is 29.9 Å². The van der Waals surface area contributed by atoms with Crippen LogP contribution in [0.25, 0.3) is 157 Å². The third-order valence-electron chi connectivity index (χ3n) is 17.6. The van der Waals surface area contributed by atoms with Crippen LogP contribution >= 0.6 is 0 Å². The minimum absolute atomic E-state index is 0.454. The van der Waals surface area contributed by atoms with Crippen LogP contribution in [0.2, 0.25) is 0 Å². The molecule has 9 heteroatoms. The SMILES string of the molecule is CC1(C)c2cc(-c3ccc(-c4ccc5ccccc5c4-c4nc(-c5ccccc5)nc(-c5ccccc5)n4)cc3)ccc2-c2cc(-c3ccc(-c4nc(-c5ccccc5)nc(-c5c(-c6ccc(-c7ccccc7)nn6)ccc6ccccc56)n4)cc3)cc(C#N)c21. The molecule has 16 rings (SSSR count). The number of fused-ring (bicyclic) bond motifs is 5. The highest BCUT2D eigenvalue weighted by molar-refractivity contribution is 6.04. The standard InChI is InChI=1S/C82H53N9/c1-82(2)70-49-61(51-31-35-55(36-32-51)66-42-39-53-19-15-17-29-64(53)73(66)80-86-76(57-23-9-4-10-24-57)84-77(87-80)58-25-11-5-12-26-58)41-43-67(70)69-48-62(47-63(50-83)75(69)82)52-33-37-60(38-34-52)79-85-78(59-27-13-6-14-28-59)88-81(89-79)74-65-30-18-16-20-54(65)40-44-68(74)72-46-45-71(90-91-72)56-21-7-3-8-22-56/h3-49H,1-2H3. The summed E-state index contributed by atoms with van der Waals surface area (Å²) in [7, 11) is 0. The van der Waals surface area contributed by atoms with Crippen LogP contribution in [-0.2, 0) is 5.41 Å². The zero-order chi connectivity index (χ0) is 61.0. The zero-order valence-electron chi connectivity index (χ0n) is 49.7. The van der Waals surface area contributed by atoms with Gasteiger partial charge in [0, 0.05) is 49.9 Å². The third-order valence-corrected chi connectivity index (χ3v) is 17.6. The van der Waals surface area contributed by atoms with Crippen molar-refractivity contribution in [2.45, 2.75) is 19.3 Å². The maximum Gasteiger partial charge on any atom is 0.165 e. The predicted octanol–water partition coefficient (Wildman–Crippen LogP) is 19.7. The van der Waals surface area contributed by atoms with Crippen molar-refractivity contribution >= 4 is 21.5 Å². The summed E-state index contributed by atoms with van der Waals surface area (Å²) in [5.41, 5.74) is 19.4. The second kappa shape index (κ2) is 22.5. The van der Waals surface area contributed by atoms with Crippen molar-refractivity contribution in [3.05, 3.63) is 302 Å². The molecule has 0 spiro atoms. The Morgan fingerprint density at radius 1 is 0.286 bits per heavy atom. The maximum absolute atomic E-state index is 11.0. The summed E-state index contributed by atoms with van der Waals surface area (Å²) >= 11 is 0. The first-order chi connectivity index (χ1) is 44.8. The molecule has 15 aromatic rings. The van der Waals surface area contributed by atoms with Gasteiger partial charge in [0.1, 0.15) is 0 Å². The smallest absolute Gasteiger partial charge is 0.165 e. The lowest BCUT2D eigenvalue weighted by Crippen LogP contribution is -2.16. The molecule has 91 heavy (non-hydrogen) atoms. The Kier molecular flexibility index (Phi) is 13.4. The fourth-order valence-electron chi connectivity index (χ4n) is 13.0. The summed E-state index contributed by atoms with van der Waals surface area (Å²) in [5, 5.41) is 24.6. The van der Waals surface area contributed by atoms with Crippen molar-refractivity contribution in [2.24, 2.45) is 0 Å². The van der Waals surface area contributed by atoms with Crippen LogP contribution in [0.1, 0.15) is 30.5 Å². The second-order valence-corrected chi connectivity index (χ2v) is 23.4. The highest BCUT2D eigenvalue weighted by atomic mass is 15.1. The van der Waals surface area contributed by atoms with Gasteiger partial charge in [-0.3, -0.25) is 0 Å². The Labute approximate surface area is 526 Å². The molecular weight excluding hydrogens is 1110 g/mol. The van der Waals surface area contributed by atoms with Crippen LogP contribution in [-0.4, -0.2) is 40.1 Å².